The van der Waals surface area contributed by atoms with Crippen LogP contribution in [-0.2, 0) is 28.8 Å². The van der Waals surface area contributed by atoms with Gasteiger partial charge in [0.2, 0.25) is 0 Å². The van der Waals surface area contributed by atoms with Crippen molar-refractivity contribution in [3.05, 3.63) is 192 Å². The van der Waals surface area contributed by atoms with Crippen LogP contribution in [0, 0.1) is 13.3 Å². The first-order valence-corrected chi connectivity index (χ1v) is 17.7. The summed E-state index contributed by atoms with van der Waals surface area (Å²) < 4.78 is 17.4. The Hall–Kier alpha value is -2.76. The molecule has 0 aliphatic heterocycles. The third-order valence-corrected chi connectivity index (χ3v) is 13.2. The maximum absolute atomic E-state index is 7.50. The van der Waals surface area contributed by atoms with Gasteiger partial charge in [-0.15, -0.1) is 0 Å². The summed E-state index contributed by atoms with van der Waals surface area (Å²) >= 11 is 7.42. The summed E-state index contributed by atoms with van der Waals surface area (Å²) in [5.74, 6) is 0. The number of halogens is 2. The quantitative estimate of drug-likeness (QED) is 0.0701. The second kappa shape index (κ2) is 21.9. The van der Waals surface area contributed by atoms with E-state index in [0.717, 1.165) is 0 Å². The van der Waals surface area contributed by atoms with E-state index in [1.165, 1.54) is 40.8 Å². The predicted octanol–water partition coefficient (Wildman–Crippen LogP) is 8.34. The summed E-state index contributed by atoms with van der Waals surface area (Å²) in [4.78, 5) is 0. The fourth-order valence-corrected chi connectivity index (χ4v) is 10.7. The van der Waals surface area contributed by atoms with Crippen molar-refractivity contribution in [2.45, 2.75) is 0 Å². The molecule has 0 heterocycles. The number of hydrogen-bond donors (Lipinski definition) is 0. The summed E-state index contributed by atoms with van der Waals surface area (Å²) in [6, 6.07) is 60.0. The van der Waals surface area contributed by atoms with Gasteiger partial charge >= 0.3 is 22.6 Å². The third kappa shape index (κ3) is 11.2. The smallest absolute Gasteiger partial charge is 0 e. The van der Waals surface area contributed by atoms with Crippen molar-refractivity contribution in [2.75, 3.05) is 0 Å². The van der Waals surface area contributed by atoms with E-state index in [2.05, 4.69) is 215 Å². The normalized spacial score (nSPS) is 9.60. The van der Waals surface area contributed by atoms with Crippen LogP contribution in [0.5, 0.6) is 0 Å². The van der Waals surface area contributed by atoms with Crippen LogP contribution in [0.1, 0.15) is 0 Å². The van der Waals surface area contributed by atoms with E-state index in [4.69, 9.17) is 9.30 Å². The summed E-state index contributed by atoms with van der Waals surface area (Å²) in [5, 5.41) is 8.22. The molecule has 0 fully saturated rings. The van der Waals surface area contributed by atoms with Crippen LogP contribution in [0.15, 0.2) is 179 Å². The average Bonchev–Trinajstić information content (AvgIpc) is 3.11. The van der Waals surface area contributed by atoms with Gasteiger partial charge in [-0.2, -0.15) is 0 Å². The van der Waals surface area contributed by atoms with Gasteiger partial charge in [0.05, 0.1) is 0 Å². The fourth-order valence-electron chi connectivity index (χ4n) is 4.43. The van der Waals surface area contributed by atoms with Gasteiger partial charge in [-0.1, -0.05) is 190 Å². The molecule has 0 atom stereocenters. The van der Waals surface area contributed by atoms with E-state index in [1.54, 1.807) is 0 Å². The Balaban J connectivity index is 0.000000277. The molecule has 0 bridgehead atoms. The van der Waals surface area contributed by atoms with Crippen molar-refractivity contribution in [3.63, 3.8) is 0 Å². The molecule has 1 radical (unpaired) electrons. The molecule has 0 saturated carbocycles. The molecular weight excluding hydrogens is 813 g/mol. The van der Waals surface area contributed by atoms with E-state index in [9.17, 15) is 0 Å². The minimum atomic E-state index is -0.514. The molecule has 45 heavy (non-hydrogen) atoms. The first-order chi connectivity index (χ1) is 21.7. The molecule has 6 rings (SSSR count). The molecular formula is C38H28Br2O2P2Rh. The molecule has 0 N–H and O–H groups in total. The van der Waals surface area contributed by atoms with E-state index in [1.807, 2.05) is 0 Å². The molecule has 0 aliphatic rings. The second-order valence-electron chi connectivity index (χ2n) is 8.92. The molecule has 2 nitrogen and oxygen atoms in total. The molecule has 6 aromatic rings. The Bertz CT molecular complexity index is 1510. The Labute approximate surface area is 298 Å². The third-order valence-electron chi connectivity index (χ3n) is 6.24. The van der Waals surface area contributed by atoms with Crippen LogP contribution < -0.4 is 31.8 Å². The number of benzene rings is 6. The molecule has 7 heteroatoms. The van der Waals surface area contributed by atoms with Gasteiger partial charge in [0.15, 0.2) is 0 Å². The maximum atomic E-state index is 7.50. The molecule has 0 unspecified atom stereocenters. The summed E-state index contributed by atoms with van der Waals surface area (Å²) in [5.41, 5.74) is 0. The van der Waals surface area contributed by atoms with E-state index >= 15 is 0 Å². The number of rotatable bonds is 6. The first-order valence-electron chi connectivity index (χ1n) is 13.4. The van der Waals surface area contributed by atoms with E-state index in [-0.39, 0.29) is 19.5 Å². The van der Waals surface area contributed by atoms with Crippen molar-refractivity contribution in [3.8, 4) is 0 Å². The fraction of sp³-hybridized carbons (Fsp3) is 0. The van der Waals surface area contributed by atoms with Gasteiger partial charge in [0.1, 0.15) is 0 Å². The van der Waals surface area contributed by atoms with Gasteiger partial charge in [-0.05, 0) is 59.8 Å². The molecule has 6 aromatic carbocycles. The molecule has 0 amide bonds. The van der Waals surface area contributed by atoms with Crippen LogP contribution in [0.2, 0.25) is 0 Å². The van der Waals surface area contributed by atoms with Crippen LogP contribution >= 0.6 is 47.7 Å². The average molecular weight is 841 g/mol. The Morgan fingerprint density at radius 1 is 0.333 bits per heavy atom. The zero-order valence-corrected chi connectivity index (χ0v) is 30.6. The van der Waals surface area contributed by atoms with Crippen LogP contribution in [0.3, 0.4) is 0 Å². The van der Waals surface area contributed by atoms with Crippen molar-refractivity contribution in [1.29, 1.82) is 0 Å². The summed E-state index contributed by atoms with van der Waals surface area (Å²) in [7, 11) is -1.03. The van der Waals surface area contributed by atoms with Crippen molar-refractivity contribution in [2.24, 2.45) is 0 Å². The largest absolute Gasteiger partial charge is 0 e. The summed E-state index contributed by atoms with van der Waals surface area (Å²) in [6.45, 7) is 9.00. The molecule has 0 aromatic heterocycles. The monoisotopic (exact) mass is 839 g/mol. The number of hydrogen-bond acceptors (Lipinski definition) is 0. The Morgan fingerprint density at radius 2 is 0.533 bits per heavy atom. The standard InChI is InChI=1S/2C18H14BrP.2CO.Rh/c2*19-17-13-7-8-14-18(17)20(15-9-3-1-4-10-15)16-11-5-2-6-12-16;2*1-2;/h2*1-14H;;;. The van der Waals surface area contributed by atoms with Crippen molar-refractivity contribution >= 4 is 79.5 Å². The topological polar surface area (TPSA) is 39.8 Å². The van der Waals surface area contributed by atoms with Gasteiger partial charge in [-0.25, -0.2) is 0 Å². The zero-order valence-electron chi connectivity index (χ0n) is 24.0. The molecule has 0 saturated heterocycles. The van der Waals surface area contributed by atoms with E-state index in [0.29, 0.717) is 0 Å². The second-order valence-corrected chi connectivity index (χ2v) is 15.0. The van der Waals surface area contributed by atoms with Crippen LogP contribution in [0.25, 0.3) is 0 Å². The van der Waals surface area contributed by atoms with Gasteiger partial charge < -0.3 is 0 Å². The predicted molar refractivity (Wildman–Crippen MR) is 194 cm³/mol. The molecule has 0 spiro atoms. The zero-order chi connectivity index (χ0) is 31.6. The molecule has 225 valence electrons. The van der Waals surface area contributed by atoms with Gasteiger partial charge in [0.25, 0.3) is 0 Å². The SMILES string of the molecule is Brc1ccccc1P(c1ccccc1)c1ccccc1.Brc1ccccc1P(c1ccccc1)c1ccccc1.[C-]#[O+].[C-]#[O+].[Rh]. The van der Waals surface area contributed by atoms with Gasteiger partial charge in [-0.3, -0.25) is 0 Å². The van der Waals surface area contributed by atoms with Crippen LogP contribution in [0.4, 0.5) is 0 Å². The summed E-state index contributed by atoms with van der Waals surface area (Å²) in [6.07, 6.45) is 0. The maximum Gasteiger partial charge on any atom is 0 e. The van der Waals surface area contributed by atoms with Gasteiger partial charge in [0, 0.05) is 28.4 Å². The minimum absolute atomic E-state index is 0. The first kappa shape index (κ1) is 38.4. The van der Waals surface area contributed by atoms with Crippen molar-refractivity contribution < 1.29 is 28.8 Å². The van der Waals surface area contributed by atoms with Crippen LogP contribution in [-0.4, -0.2) is 0 Å². The minimum Gasteiger partial charge on any atom is 0 e. The van der Waals surface area contributed by atoms with Crippen molar-refractivity contribution in [1.82, 2.24) is 0 Å². The van der Waals surface area contributed by atoms with E-state index < -0.39 is 15.8 Å². The Kier molecular flexibility index (Phi) is 18.7. The molecule has 0 aliphatic carbocycles. The Morgan fingerprint density at radius 3 is 0.756 bits per heavy atom.